The average molecular weight is 185 g/mol. The molecular formula is C6H11N5O2. The molecule has 0 radical (unpaired) electrons. The predicted molar refractivity (Wildman–Crippen MR) is 50.2 cm³/mol. The molecule has 0 fully saturated rings. The lowest BCUT2D eigenvalue weighted by Gasteiger charge is -2.17. The Labute approximate surface area is 73.5 Å². The Balaban J connectivity index is 3.63. The second kappa shape index (κ2) is 2.85. The van der Waals surface area contributed by atoms with Crippen molar-refractivity contribution in [3.8, 4) is 0 Å². The smallest absolute Gasteiger partial charge is 0.349 e. The van der Waals surface area contributed by atoms with Gasteiger partial charge in [-0.3, -0.25) is 9.78 Å². The maximum Gasteiger partial charge on any atom is 0.349 e. The minimum absolute atomic E-state index is 0.0567. The van der Waals surface area contributed by atoms with Gasteiger partial charge in [-0.25, -0.2) is 4.79 Å². The molecule has 0 aromatic carbocycles. The van der Waals surface area contributed by atoms with Gasteiger partial charge >= 0.3 is 5.69 Å². The van der Waals surface area contributed by atoms with Crippen LogP contribution < -0.4 is 27.7 Å². The van der Waals surface area contributed by atoms with E-state index in [1.807, 2.05) is 4.98 Å². The third kappa shape index (κ3) is 1.35. The molecule has 72 valence electrons. The Morgan fingerprint density at radius 1 is 1.31 bits per heavy atom. The Bertz CT molecular complexity index is 430. The molecule has 5 N–H and O–H groups in total. The Morgan fingerprint density at radius 3 is 2.31 bits per heavy atom. The number of rotatable bonds is 1. The Hall–Kier alpha value is -1.92. The van der Waals surface area contributed by atoms with Gasteiger partial charge in [0.25, 0.3) is 5.56 Å². The molecule has 0 aliphatic rings. The molecule has 1 rings (SSSR count). The molecule has 0 aliphatic carbocycles. The van der Waals surface area contributed by atoms with Gasteiger partial charge in [-0.15, -0.1) is 0 Å². The fourth-order valence-electron chi connectivity index (χ4n) is 0.954. The van der Waals surface area contributed by atoms with Crippen LogP contribution in [-0.4, -0.2) is 23.8 Å². The molecule has 0 spiro atoms. The fraction of sp³-hybridized carbons (Fsp3) is 0.333. The van der Waals surface area contributed by atoms with Crippen LogP contribution in [0, 0.1) is 0 Å². The highest BCUT2D eigenvalue weighted by Gasteiger charge is 2.09. The lowest BCUT2D eigenvalue weighted by molar-refractivity contribution is 0.684. The number of nitrogen functional groups attached to an aromatic ring is 2. The molecule has 0 saturated carbocycles. The minimum atomic E-state index is -0.666. The van der Waals surface area contributed by atoms with Crippen LogP contribution >= 0.6 is 0 Å². The van der Waals surface area contributed by atoms with Crippen molar-refractivity contribution >= 4 is 11.5 Å². The second-order valence-electron chi connectivity index (χ2n) is 2.72. The summed E-state index contributed by atoms with van der Waals surface area (Å²) in [6, 6.07) is 0. The summed E-state index contributed by atoms with van der Waals surface area (Å²) < 4.78 is 1.07. The van der Waals surface area contributed by atoms with Crippen molar-refractivity contribution in [2.75, 3.05) is 30.6 Å². The van der Waals surface area contributed by atoms with Gasteiger partial charge in [-0.2, -0.15) is 4.68 Å². The Morgan fingerprint density at radius 2 is 1.85 bits per heavy atom. The maximum absolute atomic E-state index is 11.2. The van der Waals surface area contributed by atoms with Crippen LogP contribution in [0.3, 0.4) is 0 Å². The molecule has 0 aliphatic heterocycles. The number of aromatic nitrogens is 2. The quantitative estimate of drug-likeness (QED) is 0.464. The topological polar surface area (TPSA) is 110 Å². The number of hydrogen-bond acceptors (Lipinski definition) is 5. The molecular weight excluding hydrogens is 174 g/mol. The maximum atomic E-state index is 11.2. The summed E-state index contributed by atoms with van der Waals surface area (Å²) >= 11 is 0. The highest BCUT2D eigenvalue weighted by atomic mass is 16.2. The zero-order valence-corrected chi connectivity index (χ0v) is 7.37. The first-order valence-corrected chi connectivity index (χ1v) is 3.53. The monoisotopic (exact) mass is 185 g/mol. The zero-order valence-electron chi connectivity index (χ0n) is 7.37. The first-order chi connectivity index (χ1) is 5.95. The van der Waals surface area contributed by atoms with Crippen molar-refractivity contribution in [1.82, 2.24) is 9.66 Å². The van der Waals surface area contributed by atoms with Gasteiger partial charge in [0, 0.05) is 14.1 Å². The molecule has 0 bridgehead atoms. The van der Waals surface area contributed by atoms with Gasteiger partial charge in [-0.05, 0) is 0 Å². The van der Waals surface area contributed by atoms with E-state index in [9.17, 15) is 9.59 Å². The molecule has 1 heterocycles. The lowest BCUT2D eigenvalue weighted by Crippen LogP contribution is -2.42. The van der Waals surface area contributed by atoms with E-state index in [-0.39, 0.29) is 11.5 Å². The first-order valence-electron chi connectivity index (χ1n) is 3.53. The van der Waals surface area contributed by atoms with Crippen LogP contribution in [0.5, 0.6) is 0 Å². The van der Waals surface area contributed by atoms with Crippen LogP contribution in [0.2, 0.25) is 0 Å². The molecule has 7 nitrogen and oxygen atoms in total. The van der Waals surface area contributed by atoms with Crippen molar-refractivity contribution in [2.45, 2.75) is 0 Å². The van der Waals surface area contributed by atoms with E-state index >= 15 is 0 Å². The van der Waals surface area contributed by atoms with Gasteiger partial charge in [0.15, 0.2) is 5.82 Å². The van der Waals surface area contributed by atoms with Crippen LogP contribution in [-0.2, 0) is 0 Å². The van der Waals surface area contributed by atoms with E-state index in [2.05, 4.69) is 0 Å². The number of anilines is 2. The number of nitrogens with two attached hydrogens (primary N) is 2. The first kappa shape index (κ1) is 9.17. The van der Waals surface area contributed by atoms with E-state index < -0.39 is 11.2 Å². The molecule has 7 heteroatoms. The molecule has 0 saturated heterocycles. The summed E-state index contributed by atoms with van der Waals surface area (Å²) in [7, 11) is 3.21. The van der Waals surface area contributed by atoms with Gasteiger partial charge < -0.3 is 16.5 Å². The normalized spacial score (nSPS) is 10.0. The van der Waals surface area contributed by atoms with Crippen LogP contribution in [0.4, 0.5) is 11.5 Å². The Kier molecular flexibility index (Phi) is 2.01. The average Bonchev–Trinajstić information content (AvgIpc) is 1.99. The van der Waals surface area contributed by atoms with E-state index in [4.69, 9.17) is 11.5 Å². The number of nitrogens with zero attached hydrogens (tertiary/aromatic N) is 2. The van der Waals surface area contributed by atoms with Gasteiger partial charge in [0.05, 0.1) is 0 Å². The van der Waals surface area contributed by atoms with Crippen molar-refractivity contribution in [2.24, 2.45) is 0 Å². The third-order valence-electron chi connectivity index (χ3n) is 1.56. The highest BCUT2D eigenvalue weighted by Crippen LogP contribution is 2.02. The van der Waals surface area contributed by atoms with E-state index in [1.165, 1.54) is 5.01 Å². The van der Waals surface area contributed by atoms with Crippen molar-refractivity contribution in [3.63, 3.8) is 0 Å². The van der Waals surface area contributed by atoms with Crippen molar-refractivity contribution in [3.05, 3.63) is 20.8 Å². The number of H-pyrrole nitrogens is 1. The summed E-state index contributed by atoms with van der Waals surface area (Å²) in [6.07, 6.45) is 0. The van der Waals surface area contributed by atoms with Crippen LogP contribution in [0.15, 0.2) is 9.59 Å². The zero-order chi connectivity index (χ0) is 10.2. The van der Waals surface area contributed by atoms with E-state index in [1.54, 1.807) is 14.1 Å². The standard InChI is InChI=1S/C6H11N5O2/c1-10(2)11-4(8)3(7)5(12)9-6(11)13/h7-8H2,1-2H3,(H,9,12,13). The highest BCUT2D eigenvalue weighted by molar-refractivity contribution is 5.56. The predicted octanol–water partition coefficient (Wildman–Crippen LogP) is -2.10. The van der Waals surface area contributed by atoms with E-state index in [0.29, 0.717) is 0 Å². The lowest BCUT2D eigenvalue weighted by atomic mass is 10.5. The fourth-order valence-corrected chi connectivity index (χ4v) is 0.954. The summed E-state index contributed by atoms with van der Waals surface area (Å²) in [6.45, 7) is 0. The van der Waals surface area contributed by atoms with Gasteiger partial charge in [0.1, 0.15) is 5.69 Å². The summed E-state index contributed by atoms with van der Waals surface area (Å²) in [4.78, 5) is 24.2. The molecule has 13 heavy (non-hydrogen) atoms. The molecule has 1 aromatic rings. The third-order valence-corrected chi connectivity index (χ3v) is 1.56. The summed E-state index contributed by atoms with van der Waals surface area (Å²) in [5, 5.41) is 1.42. The summed E-state index contributed by atoms with van der Waals surface area (Å²) in [5.74, 6) is -0.0567. The van der Waals surface area contributed by atoms with Crippen LogP contribution in [0.1, 0.15) is 0 Å². The number of hydrogen-bond donors (Lipinski definition) is 3. The molecule has 0 unspecified atom stereocenters. The second-order valence-corrected chi connectivity index (χ2v) is 2.72. The van der Waals surface area contributed by atoms with Crippen molar-refractivity contribution < 1.29 is 0 Å². The number of aromatic amines is 1. The van der Waals surface area contributed by atoms with Gasteiger partial charge in [0.2, 0.25) is 0 Å². The largest absolute Gasteiger partial charge is 0.391 e. The summed E-state index contributed by atoms with van der Waals surface area (Å²) in [5.41, 5.74) is 9.36. The molecule has 0 atom stereocenters. The SMILES string of the molecule is CN(C)n1c(N)c(N)c(=O)[nH]c1=O. The van der Waals surface area contributed by atoms with Crippen LogP contribution in [0.25, 0.3) is 0 Å². The molecule has 1 aromatic heterocycles. The molecule has 0 amide bonds. The van der Waals surface area contributed by atoms with E-state index in [0.717, 1.165) is 4.68 Å². The number of nitrogens with one attached hydrogen (secondary N) is 1. The van der Waals surface area contributed by atoms with Gasteiger partial charge in [-0.1, -0.05) is 0 Å². The minimum Gasteiger partial charge on any atom is -0.391 e. The van der Waals surface area contributed by atoms with Crippen molar-refractivity contribution in [1.29, 1.82) is 0 Å².